The molecule has 8 heteroatoms. The minimum Gasteiger partial charge on any atom is -0.366 e. The van der Waals surface area contributed by atoms with Crippen molar-refractivity contribution < 1.29 is 14.0 Å². The van der Waals surface area contributed by atoms with Gasteiger partial charge in [0, 0.05) is 26.2 Å². The number of benzene rings is 1. The lowest BCUT2D eigenvalue weighted by molar-refractivity contribution is -0.133. The maximum Gasteiger partial charge on any atom is 0.312 e. The van der Waals surface area contributed by atoms with Gasteiger partial charge in [0.15, 0.2) is 0 Å². The number of piperazine rings is 1. The van der Waals surface area contributed by atoms with E-state index in [2.05, 4.69) is 5.32 Å². The molecule has 1 aliphatic rings. The molecule has 0 radical (unpaired) electrons. The van der Waals surface area contributed by atoms with Gasteiger partial charge in [-0.1, -0.05) is 0 Å². The van der Waals surface area contributed by atoms with Gasteiger partial charge in [0.05, 0.1) is 17.3 Å². The fourth-order valence-corrected chi connectivity index (χ4v) is 2.55. The van der Waals surface area contributed by atoms with Crippen LogP contribution in [0.15, 0.2) is 18.2 Å². The van der Waals surface area contributed by atoms with Crippen molar-refractivity contribution in [2.24, 2.45) is 5.73 Å². The predicted molar refractivity (Wildman–Crippen MR) is 82.1 cm³/mol. The van der Waals surface area contributed by atoms with Crippen LogP contribution in [0.1, 0.15) is 12.5 Å². The molecular weight excluding hydrogens is 301 g/mol. The van der Waals surface area contributed by atoms with Crippen LogP contribution in [-0.4, -0.2) is 49.1 Å². The lowest BCUT2D eigenvalue weighted by Crippen LogP contribution is -2.54. The second kappa shape index (κ2) is 6.96. The first-order chi connectivity index (χ1) is 10.9. The molecule has 3 N–H and O–H groups in total. The number of primary amides is 1. The number of hydrogen-bond acceptors (Lipinski definition) is 4. The van der Waals surface area contributed by atoms with Gasteiger partial charge in [0.25, 0.3) is 0 Å². The van der Waals surface area contributed by atoms with E-state index in [0.717, 1.165) is 0 Å². The molecule has 1 atom stereocenters. The maximum atomic E-state index is 14.0. The van der Waals surface area contributed by atoms with E-state index in [9.17, 15) is 14.0 Å². The van der Waals surface area contributed by atoms with Crippen LogP contribution in [0.2, 0.25) is 0 Å². The number of amides is 3. The van der Waals surface area contributed by atoms with Gasteiger partial charge < -0.3 is 20.9 Å². The highest BCUT2D eigenvalue weighted by atomic mass is 19.1. The van der Waals surface area contributed by atoms with Crippen LogP contribution >= 0.6 is 0 Å². The van der Waals surface area contributed by atoms with Crippen molar-refractivity contribution in [2.75, 3.05) is 31.1 Å². The molecule has 23 heavy (non-hydrogen) atoms. The number of nitrogens with two attached hydrogens (primary N) is 1. The van der Waals surface area contributed by atoms with Gasteiger partial charge in [-0.05, 0) is 25.1 Å². The van der Waals surface area contributed by atoms with E-state index in [1.165, 1.54) is 6.07 Å². The molecule has 0 aliphatic carbocycles. The van der Waals surface area contributed by atoms with Crippen LogP contribution in [0, 0.1) is 17.1 Å². The van der Waals surface area contributed by atoms with Crippen molar-refractivity contribution in [3.05, 3.63) is 29.6 Å². The van der Waals surface area contributed by atoms with Crippen LogP contribution in [-0.2, 0) is 4.79 Å². The highest BCUT2D eigenvalue weighted by Crippen LogP contribution is 2.22. The summed E-state index contributed by atoms with van der Waals surface area (Å²) in [7, 11) is 0. The van der Waals surface area contributed by atoms with Crippen molar-refractivity contribution in [2.45, 2.75) is 13.0 Å². The van der Waals surface area contributed by atoms with Crippen LogP contribution < -0.4 is 16.0 Å². The number of urea groups is 1. The molecular formula is C15H18FN5O2. The maximum absolute atomic E-state index is 14.0. The number of hydrogen-bond donors (Lipinski definition) is 2. The number of nitriles is 1. The number of nitrogens with zero attached hydrogens (tertiary/aromatic N) is 3. The van der Waals surface area contributed by atoms with Crippen LogP contribution in [0.3, 0.4) is 0 Å². The highest BCUT2D eigenvalue weighted by Gasteiger charge is 2.26. The molecule has 1 aromatic carbocycles. The third-order valence-electron chi connectivity index (χ3n) is 3.74. The number of halogens is 1. The summed E-state index contributed by atoms with van der Waals surface area (Å²) in [5, 5.41) is 11.1. The highest BCUT2D eigenvalue weighted by molar-refractivity contribution is 5.86. The van der Waals surface area contributed by atoms with Crippen LogP contribution in [0.4, 0.5) is 14.9 Å². The minimum atomic E-state index is -0.746. The third-order valence-corrected chi connectivity index (χ3v) is 3.74. The fourth-order valence-electron chi connectivity index (χ4n) is 2.55. The average molecular weight is 319 g/mol. The quantitative estimate of drug-likeness (QED) is 0.842. The predicted octanol–water partition coefficient (Wildman–Crippen LogP) is 0.403. The van der Waals surface area contributed by atoms with E-state index in [-0.39, 0.29) is 11.5 Å². The Morgan fingerprint density at radius 2 is 2.00 bits per heavy atom. The Morgan fingerprint density at radius 1 is 1.35 bits per heavy atom. The van der Waals surface area contributed by atoms with Crippen molar-refractivity contribution >= 4 is 17.6 Å². The average Bonchev–Trinajstić information content (AvgIpc) is 2.53. The first-order valence-electron chi connectivity index (χ1n) is 7.21. The Labute approximate surface area is 133 Å². The SMILES string of the molecule is C[C@@H](NC(N)=O)C(=O)N1CCN(c2ccc(C#N)cc2F)CC1. The van der Waals surface area contributed by atoms with E-state index < -0.39 is 17.9 Å². The van der Waals surface area contributed by atoms with E-state index in [4.69, 9.17) is 11.0 Å². The van der Waals surface area contributed by atoms with E-state index in [1.54, 1.807) is 24.0 Å². The van der Waals surface area contributed by atoms with E-state index in [1.807, 2.05) is 11.0 Å². The molecule has 1 heterocycles. The van der Waals surface area contributed by atoms with Crippen molar-refractivity contribution in [1.82, 2.24) is 10.2 Å². The summed E-state index contributed by atoms with van der Waals surface area (Å²) in [6.07, 6.45) is 0. The lowest BCUT2D eigenvalue weighted by Gasteiger charge is -2.37. The smallest absolute Gasteiger partial charge is 0.312 e. The Hall–Kier alpha value is -2.82. The Balaban J connectivity index is 1.97. The van der Waals surface area contributed by atoms with Gasteiger partial charge in [0.1, 0.15) is 11.9 Å². The van der Waals surface area contributed by atoms with E-state index >= 15 is 0 Å². The second-order valence-corrected chi connectivity index (χ2v) is 5.32. The van der Waals surface area contributed by atoms with Gasteiger partial charge in [0.2, 0.25) is 5.91 Å². The molecule has 1 fully saturated rings. The Morgan fingerprint density at radius 3 is 2.52 bits per heavy atom. The summed E-state index contributed by atoms with van der Waals surface area (Å²) >= 11 is 0. The molecule has 1 saturated heterocycles. The molecule has 122 valence electrons. The van der Waals surface area contributed by atoms with Gasteiger partial charge in [-0.3, -0.25) is 4.79 Å². The lowest BCUT2D eigenvalue weighted by atomic mass is 10.1. The zero-order valence-electron chi connectivity index (χ0n) is 12.8. The molecule has 0 unspecified atom stereocenters. The molecule has 1 aliphatic heterocycles. The first-order valence-corrected chi connectivity index (χ1v) is 7.21. The van der Waals surface area contributed by atoms with Crippen molar-refractivity contribution in [3.63, 3.8) is 0 Å². The topological polar surface area (TPSA) is 102 Å². The van der Waals surface area contributed by atoms with Crippen LogP contribution in [0.25, 0.3) is 0 Å². The number of carbonyl (C=O) groups is 2. The number of carbonyl (C=O) groups excluding carboxylic acids is 2. The van der Waals surface area contributed by atoms with E-state index in [0.29, 0.717) is 31.9 Å². The second-order valence-electron chi connectivity index (χ2n) is 5.32. The van der Waals surface area contributed by atoms with Gasteiger partial charge >= 0.3 is 6.03 Å². The molecule has 0 bridgehead atoms. The van der Waals surface area contributed by atoms with Gasteiger partial charge in [-0.25, -0.2) is 9.18 Å². The monoisotopic (exact) mass is 319 g/mol. The standard InChI is InChI=1S/C15H18FN5O2/c1-10(19-15(18)23)14(22)21-6-4-20(5-7-21)13-3-2-11(9-17)8-12(13)16/h2-3,8,10H,4-7H2,1H3,(H3,18,19,23)/t10-/m1/s1. The van der Waals surface area contributed by atoms with Crippen molar-refractivity contribution in [1.29, 1.82) is 5.26 Å². The molecule has 2 rings (SSSR count). The zero-order valence-corrected chi connectivity index (χ0v) is 12.8. The summed E-state index contributed by atoms with van der Waals surface area (Å²) in [4.78, 5) is 26.4. The molecule has 1 aromatic rings. The number of rotatable bonds is 3. The van der Waals surface area contributed by atoms with Gasteiger partial charge in [-0.15, -0.1) is 0 Å². The largest absolute Gasteiger partial charge is 0.366 e. The molecule has 0 saturated carbocycles. The summed E-state index contributed by atoms with van der Waals surface area (Å²) in [6, 6.07) is 4.79. The summed E-state index contributed by atoms with van der Waals surface area (Å²) in [5.74, 6) is -0.670. The minimum absolute atomic E-state index is 0.219. The van der Waals surface area contributed by atoms with Crippen molar-refractivity contribution in [3.8, 4) is 6.07 Å². The normalized spacial score (nSPS) is 15.7. The summed E-state index contributed by atoms with van der Waals surface area (Å²) in [5.41, 5.74) is 5.69. The molecule has 3 amide bonds. The number of nitrogens with one attached hydrogen (secondary N) is 1. The van der Waals surface area contributed by atoms with Crippen LogP contribution in [0.5, 0.6) is 0 Å². The first kappa shape index (κ1) is 16.5. The fraction of sp³-hybridized carbons (Fsp3) is 0.400. The number of anilines is 1. The van der Waals surface area contributed by atoms with Gasteiger partial charge in [-0.2, -0.15) is 5.26 Å². The summed E-state index contributed by atoms with van der Waals surface area (Å²) in [6.45, 7) is 3.35. The summed E-state index contributed by atoms with van der Waals surface area (Å²) < 4.78 is 14.0. The molecule has 0 spiro atoms. The Kier molecular flexibility index (Phi) is 5.01. The molecule has 7 nitrogen and oxygen atoms in total. The molecule has 0 aromatic heterocycles. The Bertz CT molecular complexity index is 650. The third kappa shape index (κ3) is 3.88. The zero-order chi connectivity index (χ0) is 17.0.